The zero-order valence-electron chi connectivity index (χ0n) is 18.2. The standard InChI is InChI=1S/C23H35N3O3/c1-16(2)12-22(27)24-19-9-10-21(25(3)4)18(13-19)14-26(23(28)17-7-8-17)15-20-6-5-11-29-20/h9-10,13,16-17,20H,5-8,11-12,14-15H2,1-4H3,(H,24,27)/t20-/m1/s1. The lowest BCUT2D eigenvalue weighted by Gasteiger charge is -2.28. The summed E-state index contributed by atoms with van der Waals surface area (Å²) in [4.78, 5) is 29.2. The minimum atomic E-state index is 0.0221. The quantitative estimate of drug-likeness (QED) is 0.686. The Hall–Kier alpha value is -2.08. The number of benzene rings is 1. The molecule has 2 fully saturated rings. The first-order valence-electron chi connectivity index (χ1n) is 10.8. The molecule has 1 aliphatic heterocycles. The predicted molar refractivity (Wildman–Crippen MR) is 116 cm³/mol. The van der Waals surface area contributed by atoms with Gasteiger partial charge < -0.3 is 19.9 Å². The number of carbonyl (C=O) groups is 2. The third-order valence-electron chi connectivity index (χ3n) is 5.49. The minimum Gasteiger partial charge on any atom is -0.377 e. The Kier molecular flexibility index (Phi) is 7.17. The van der Waals surface area contributed by atoms with Crippen LogP contribution in [0.3, 0.4) is 0 Å². The van der Waals surface area contributed by atoms with Gasteiger partial charge in [0.15, 0.2) is 0 Å². The number of hydrogen-bond donors (Lipinski definition) is 1. The number of nitrogens with zero attached hydrogens (tertiary/aromatic N) is 2. The zero-order valence-corrected chi connectivity index (χ0v) is 18.2. The lowest BCUT2D eigenvalue weighted by molar-refractivity contribution is -0.134. The van der Waals surface area contributed by atoms with E-state index in [0.29, 0.717) is 25.4 Å². The molecule has 0 spiro atoms. The summed E-state index contributed by atoms with van der Waals surface area (Å²) in [7, 11) is 4.01. The number of nitrogens with one attached hydrogen (secondary N) is 1. The first-order chi connectivity index (χ1) is 13.8. The summed E-state index contributed by atoms with van der Waals surface area (Å²) in [6, 6.07) is 5.96. The van der Waals surface area contributed by atoms with Crippen LogP contribution < -0.4 is 10.2 Å². The fourth-order valence-electron chi connectivity index (χ4n) is 3.87. The molecule has 1 aromatic rings. The Morgan fingerprint density at radius 2 is 1.97 bits per heavy atom. The van der Waals surface area contributed by atoms with Gasteiger partial charge in [0.2, 0.25) is 11.8 Å². The second-order valence-electron chi connectivity index (χ2n) is 9.01. The van der Waals surface area contributed by atoms with Gasteiger partial charge in [0, 0.05) is 57.5 Å². The highest BCUT2D eigenvalue weighted by molar-refractivity contribution is 5.91. The molecule has 6 nitrogen and oxygen atoms in total. The van der Waals surface area contributed by atoms with E-state index in [0.717, 1.165) is 49.2 Å². The van der Waals surface area contributed by atoms with Crippen LogP contribution in [0, 0.1) is 11.8 Å². The van der Waals surface area contributed by atoms with Gasteiger partial charge in [-0.25, -0.2) is 0 Å². The van der Waals surface area contributed by atoms with E-state index in [2.05, 4.69) is 10.2 Å². The molecule has 0 bridgehead atoms. The molecule has 3 rings (SSSR count). The minimum absolute atomic E-state index is 0.0221. The van der Waals surface area contributed by atoms with Crippen LogP contribution in [0.4, 0.5) is 11.4 Å². The van der Waals surface area contributed by atoms with Crippen molar-refractivity contribution in [1.29, 1.82) is 0 Å². The third-order valence-corrected chi connectivity index (χ3v) is 5.49. The zero-order chi connectivity index (χ0) is 21.0. The summed E-state index contributed by atoms with van der Waals surface area (Å²) in [5.74, 6) is 0.745. The Morgan fingerprint density at radius 1 is 1.21 bits per heavy atom. The summed E-state index contributed by atoms with van der Waals surface area (Å²) in [6.07, 6.45) is 4.70. The average Bonchev–Trinajstić information content (AvgIpc) is 3.37. The maximum absolute atomic E-state index is 12.9. The monoisotopic (exact) mass is 401 g/mol. The van der Waals surface area contributed by atoms with Crippen LogP contribution in [0.5, 0.6) is 0 Å². The Balaban J connectivity index is 1.79. The van der Waals surface area contributed by atoms with Crippen LogP contribution in [-0.4, -0.2) is 50.1 Å². The van der Waals surface area contributed by atoms with Crippen LogP contribution >= 0.6 is 0 Å². The molecular weight excluding hydrogens is 366 g/mol. The van der Waals surface area contributed by atoms with Crippen LogP contribution in [-0.2, 0) is 20.9 Å². The molecule has 0 aromatic heterocycles. The van der Waals surface area contributed by atoms with Crippen molar-refractivity contribution in [3.05, 3.63) is 23.8 Å². The van der Waals surface area contributed by atoms with E-state index >= 15 is 0 Å². The number of amides is 2. The van der Waals surface area contributed by atoms with E-state index < -0.39 is 0 Å². The van der Waals surface area contributed by atoms with Gasteiger partial charge >= 0.3 is 0 Å². The van der Waals surface area contributed by atoms with Gasteiger partial charge in [0.25, 0.3) is 0 Å². The summed E-state index contributed by atoms with van der Waals surface area (Å²) < 4.78 is 5.80. The van der Waals surface area contributed by atoms with Crippen molar-refractivity contribution in [3.63, 3.8) is 0 Å². The van der Waals surface area contributed by atoms with Crippen molar-refractivity contribution in [2.75, 3.05) is 37.5 Å². The number of rotatable bonds is 9. The first kappa shape index (κ1) is 21.6. The number of carbonyl (C=O) groups excluding carboxylic acids is 2. The van der Waals surface area contributed by atoms with Crippen LogP contribution in [0.1, 0.15) is 51.5 Å². The third kappa shape index (κ3) is 6.20. The van der Waals surface area contributed by atoms with E-state index in [1.807, 2.05) is 51.0 Å². The van der Waals surface area contributed by atoms with E-state index in [9.17, 15) is 9.59 Å². The molecule has 1 atom stereocenters. The second-order valence-corrected chi connectivity index (χ2v) is 9.01. The molecule has 1 saturated carbocycles. The Morgan fingerprint density at radius 3 is 2.55 bits per heavy atom. The van der Waals surface area contributed by atoms with Crippen molar-refractivity contribution in [1.82, 2.24) is 4.90 Å². The Bertz CT molecular complexity index is 722. The van der Waals surface area contributed by atoms with Gasteiger partial charge in [0.1, 0.15) is 0 Å². The van der Waals surface area contributed by atoms with Crippen molar-refractivity contribution in [2.45, 2.75) is 58.6 Å². The van der Waals surface area contributed by atoms with Crippen molar-refractivity contribution >= 4 is 23.2 Å². The van der Waals surface area contributed by atoms with Gasteiger partial charge in [-0.15, -0.1) is 0 Å². The average molecular weight is 402 g/mol. The smallest absolute Gasteiger partial charge is 0.226 e. The highest BCUT2D eigenvalue weighted by atomic mass is 16.5. The molecule has 1 aliphatic carbocycles. The van der Waals surface area contributed by atoms with Gasteiger partial charge in [-0.2, -0.15) is 0 Å². The molecule has 2 aliphatic rings. The van der Waals surface area contributed by atoms with E-state index in [1.165, 1.54) is 0 Å². The molecule has 29 heavy (non-hydrogen) atoms. The van der Waals surface area contributed by atoms with Crippen LogP contribution in [0.25, 0.3) is 0 Å². The molecule has 1 aromatic carbocycles. The maximum Gasteiger partial charge on any atom is 0.226 e. The molecule has 1 saturated heterocycles. The lowest BCUT2D eigenvalue weighted by Crippen LogP contribution is -2.38. The van der Waals surface area contributed by atoms with Gasteiger partial charge in [0.05, 0.1) is 6.10 Å². The highest BCUT2D eigenvalue weighted by Crippen LogP contribution is 2.33. The lowest BCUT2D eigenvalue weighted by atomic mass is 10.1. The SMILES string of the molecule is CC(C)CC(=O)Nc1ccc(N(C)C)c(CN(C[C@H]2CCCO2)C(=O)C2CC2)c1. The van der Waals surface area contributed by atoms with Crippen LogP contribution in [0.2, 0.25) is 0 Å². The van der Waals surface area contributed by atoms with Gasteiger partial charge in [-0.05, 0) is 55.4 Å². The maximum atomic E-state index is 12.9. The fraction of sp³-hybridized carbons (Fsp3) is 0.652. The van der Waals surface area contributed by atoms with Crippen molar-refractivity contribution in [3.8, 4) is 0 Å². The number of ether oxygens (including phenoxy) is 1. The van der Waals surface area contributed by atoms with E-state index in [4.69, 9.17) is 4.74 Å². The Labute approximate surface area is 174 Å². The fourth-order valence-corrected chi connectivity index (χ4v) is 3.87. The molecule has 160 valence electrons. The first-order valence-corrected chi connectivity index (χ1v) is 10.8. The summed E-state index contributed by atoms with van der Waals surface area (Å²) in [5.41, 5.74) is 2.89. The molecule has 0 radical (unpaired) electrons. The van der Waals surface area contributed by atoms with Gasteiger partial charge in [-0.3, -0.25) is 9.59 Å². The largest absolute Gasteiger partial charge is 0.377 e. The van der Waals surface area contributed by atoms with E-state index in [-0.39, 0.29) is 23.8 Å². The van der Waals surface area contributed by atoms with E-state index in [1.54, 1.807) is 0 Å². The second kappa shape index (κ2) is 9.61. The normalized spacial score (nSPS) is 18.7. The molecular formula is C23H35N3O3. The summed E-state index contributed by atoms with van der Waals surface area (Å²) in [6.45, 7) is 6.04. The predicted octanol–water partition coefficient (Wildman–Crippen LogP) is 3.65. The molecule has 1 heterocycles. The molecule has 1 N–H and O–H groups in total. The van der Waals surface area contributed by atoms with Crippen LogP contribution in [0.15, 0.2) is 18.2 Å². The van der Waals surface area contributed by atoms with Gasteiger partial charge in [-0.1, -0.05) is 13.8 Å². The molecule has 2 amide bonds. The summed E-state index contributed by atoms with van der Waals surface area (Å²) in [5, 5.41) is 3.00. The van der Waals surface area contributed by atoms with Crippen molar-refractivity contribution in [2.24, 2.45) is 11.8 Å². The number of anilines is 2. The summed E-state index contributed by atoms with van der Waals surface area (Å²) >= 11 is 0. The molecule has 6 heteroatoms. The number of hydrogen-bond acceptors (Lipinski definition) is 4. The van der Waals surface area contributed by atoms with Crippen molar-refractivity contribution < 1.29 is 14.3 Å². The molecule has 0 unspecified atom stereocenters. The topological polar surface area (TPSA) is 61.9 Å². The highest BCUT2D eigenvalue weighted by Gasteiger charge is 2.35.